The number of halogens is 1. The zero-order valence-corrected chi connectivity index (χ0v) is 5.60. The van der Waals surface area contributed by atoms with Gasteiger partial charge in [0.2, 0.25) is 0 Å². The maximum Gasteiger partial charge on any atom is 0.150 e. The standard InChI is InChI=1S/C7H8FNO/c1-9-10-7-4-2-3-6(8)5-7/h2-5,9H,1H3. The number of benzene rings is 1. The third-order valence-electron chi connectivity index (χ3n) is 1.02. The topological polar surface area (TPSA) is 21.3 Å². The van der Waals surface area contributed by atoms with Crippen molar-refractivity contribution >= 4 is 0 Å². The van der Waals surface area contributed by atoms with Gasteiger partial charge in [-0.1, -0.05) is 6.07 Å². The normalized spacial score (nSPS) is 9.40. The lowest BCUT2D eigenvalue weighted by Crippen LogP contribution is -2.10. The van der Waals surface area contributed by atoms with E-state index in [-0.39, 0.29) is 5.82 Å². The van der Waals surface area contributed by atoms with Gasteiger partial charge in [-0.15, -0.1) is 0 Å². The van der Waals surface area contributed by atoms with Crippen LogP contribution >= 0.6 is 0 Å². The fraction of sp³-hybridized carbons (Fsp3) is 0.143. The highest BCUT2D eigenvalue weighted by Crippen LogP contribution is 2.09. The molecule has 0 aromatic heterocycles. The Morgan fingerprint density at radius 3 is 2.90 bits per heavy atom. The van der Waals surface area contributed by atoms with Crippen LogP contribution in [0.2, 0.25) is 0 Å². The van der Waals surface area contributed by atoms with Crippen molar-refractivity contribution in [1.82, 2.24) is 5.48 Å². The predicted molar refractivity (Wildman–Crippen MR) is 36.1 cm³/mol. The maximum atomic E-state index is 12.4. The Morgan fingerprint density at radius 1 is 1.50 bits per heavy atom. The van der Waals surface area contributed by atoms with Crippen LogP contribution in [0.1, 0.15) is 0 Å². The number of rotatable bonds is 2. The summed E-state index contributed by atoms with van der Waals surface area (Å²) in [5.41, 5.74) is 2.44. The minimum absolute atomic E-state index is 0.298. The molecule has 1 N–H and O–H groups in total. The van der Waals surface area contributed by atoms with E-state index in [1.807, 2.05) is 0 Å². The number of hydroxylamine groups is 1. The van der Waals surface area contributed by atoms with Gasteiger partial charge in [0.15, 0.2) is 0 Å². The largest absolute Gasteiger partial charge is 0.409 e. The third-order valence-corrected chi connectivity index (χ3v) is 1.02. The average molecular weight is 141 g/mol. The van der Waals surface area contributed by atoms with E-state index in [1.54, 1.807) is 19.2 Å². The highest BCUT2D eigenvalue weighted by atomic mass is 19.1. The molecule has 0 saturated carbocycles. The molecule has 10 heavy (non-hydrogen) atoms. The first-order valence-corrected chi connectivity index (χ1v) is 2.92. The molecule has 2 nitrogen and oxygen atoms in total. The van der Waals surface area contributed by atoms with Crippen molar-refractivity contribution in [2.75, 3.05) is 7.05 Å². The summed E-state index contributed by atoms with van der Waals surface area (Å²) in [7, 11) is 1.62. The van der Waals surface area contributed by atoms with Gasteiger partial charge in [-0.2, -0.15) is 5.48 Å². The van der Waals surface area contributed by atoms with Crippen LogP contribution in [0.5, 0.6) is 5.75 Å². The summed E-state index contributed by atoms with van der Waals surface area (Å²) in [6.07, 6.45) is 0. The van der Waals surface area contributed by atoms with Crippen LogP contribution in [-0.4, -0.2) is 7.05 Å². The summed E-state index contributed by atoms with van der Waals surface area (Å²) < 4.78 is 12.4. The second kappa shape index (κ2) is 3.17. The van der Waals surface area contributed by atoms with E-state index in [0.717, 1.165) is 0 Å². The van der Waals surface area contributed by atoms with Gasteiger partial charge >= 0.3 is 0 Å². The highest BCUT2D eigenvalue weighted by molar-refractivity contribution is 5.21. The molecule has 0 fully saturated rings. The van der Waals surface area contributed by atoms with Gasteiger partial charge in [-0.25, -0.2) is 4.39 Å². The van der Waals surface area contributed by atoms with E-state index in [4.69, 9.17) is 4.84 Å². The van der Waals surface area contributed by atoms with E-state index >= 15 is 0 Å². The van der Waals surface area contributed by atoms with Crippen LogP contribution in [-0.2, 0) is 0 Å². The molecule has 0 atom stereocenters. The minimum atomic E-state index is -0.298. The van der Waals surface area contributed by atoms with Gasteiger partial charge < -0.3 is 4.84 Å². The molecule has 1 rings (SSSR count). The van der Waals surface area contributed by atoms with Gasteiger partial charge in [0.25, 0.3) is 0 Å². The third kappa shape index (κ3) is 1.70. The van der Waals surface area contributed by atoms with Crippen LogP contribution < -0.4 is 10.3 Å². The van der Waals surface area contributed by atoms with Crippen LogP contribution in [0.4, 0.5) is 4.39 Å². The monoisotopic (exact) mass is 141 g/mol. The molecule has 0 spiro atoms. The van der Waals surface area contributed by atoms with Gasteiger partial charge in [0.1, 0.15) is 11.6 Å². The molecule has 1 aromatic carbocycles. The molecular formula is C7H8FNO. The molecular weight excluding hydrogens is 133 g/mol. The molecule has 0 aliphatic carbocycles. The summed E-state index contributed by atoms with van der Waals surface area (Å²) >= 11 is 0. The molecule has 0 unspecified atom stereocenters. The zero-order valence-electron chi connectivity index (χ0n) is 5.60. The summed E-state index contributed by atoms with van der Waals surface area (Å²) in [5, 5.41) is 0. The van der Waals surface area contributed by atoms with Crippen LogP contribution in [0.15, 0.2) is 24.3 Å². The zero-order chi connectivity index (χ0) is 7.40. The Kier molecular flexibility index (Phi) is 2.23. The summed E-state index contributed by atoms with van der Waals surface area (Å²) in [5.74, 6) is 0.176. The summed E-state index contributed by atoms with van der Waals surface area (Å²) in [4.78, 5) is 4.80. The van der Waals surface area contributed by atoms with Crippen molar-refractivity contribution in [1.29, 1.82) is 0 Å². The first-order chi connectivity index (χ1) is 4.83. The first-order valence-electron chi connectivity index (χ1n) is 2.92. The van der Waals surface area contributed by atoms with Crippen LogP contribution in [0.25, 0.3) is 0 Å². The minimum Gasteiger partial charge on any atom is -0.409 e. The van der Waals surface area contributed by atoms with Crippen LogP contribution in [0, 0.1) is 5.82 Å². The van der Waals surface area contributed by atoms with E-state index in [9.17, 15) is 4.39 Å². The first kappa shape index (κ1) is 7.02. The lowest BCUT2D eigenvalue weighted by atomic mass is 10.3. The maximum absolute atomic E-state index is 12.4. The Bertz CT molecular complexity index is 215. The van der Waals surface area contributed by atoms with Crippen molar-refractivity contribution in [3.8, 4) is 5.75 Å². The average Bonchev–Trinajstić information content (AvgIpc) is 1.88. The smallest absolute Gasteiger partial charge is 0.150 e. The number of hydrogen-bond acceptors (Lipinski definition) is 2. The predicted octanol–water partition coefficient (Wildman–Crippen LogP) is 1.34. The van der Waals surface area contributed by atoms with E-state index in [0.29, 0.717) is 5.75 Å². The molecule has 0 radical (unpaired) electrons. The van der Waals surface area contributed by atoms with Crippen molar-refractivity contribution in [2.24, 2.45) is 0 Å². The van der Waals surface area contributed by atoms with E-state index < -0.39 is 0 Å². The number of hydrogen-bond donors (Lipinski definition) is 1. The molecule has 0 aliphatic rings. The van der Waals surface area contributed by atoms with Crippen LogP contribution in [0.3, 0.4) is 0 Å². The number of nitrogens with one attached hydrogen (secondary N) is 1. The molecule has 54 valence electrons. The highest BCUT2D eigenvalue weighted by Gasteiger charge is 1.92. The molecule has 0 amide bonds. The van der Waals surface area contributed by atoms with Gasteiger partial charge in [-0.05, 0) is 12.1 Å². The molecule has 3 heteroatoms. The second-order valence-corrected chi connectivity index (χ2v) is 1.76. The molecule has 1 aromatic rings. The van der Waals surface area contributed by atoms with Gasteiger partial charge in [-0.3, -0.25) is 0 Å². The molecule has 0 aliphatic heterocycles. The Morgan fingerprint density at radius 2 is 2.30 bits per heavy atom. The quantitative estimate of drug-likeness (QED) is 0.627. The fourth-order valence-electron chi connectivity index (χ4n) is 0.648. The summed E-state index contributed by atoms with van der Waals surface area (Å²) in [6, 6.07) is 5.92. The van der Waals surface area contributed by atoms with E-state index in [2.05, 4.69) is 5.48 Å². The lowest BCUT2D eigenvalue weighted by molar-refractivity contribution is 0.223. The van der Waals surface area contributed by atoms with Gasteiger partial charge in [0, 0.05) is 13.1 Å². The van der Waals surface area contributed by atoms with Crippen molar-refractivity contribution in [2.45, 2.75) is 0 Å². The van der Waals surface area contributed by atoms with E-state index in [1.165, 1.54) is 12.1 Å². The van der Waals surface area contributed by atoms with Crippen molar-refractivity contribution < 1.29 is 9.23 Å². The van der Waals surface area contributed by atoms with Gasteiger partial charge in [0.05, 0.1) is 0 Å². The second-order valence-electron chi connectivity index (χ2n) is 1.76. The molecule has 0 bridgehead atoms. The Labute approximate surface area is 58.6 Å². The Balaban J connectivity index is 2.75. The summed E-state index contributed by atoms with van der Waals surface area (Å²) in [6.45, 7) is 0. The van der Waals surface area contributed by atoms with Crippen molar-refractivity contribution in [3.05, 3.63) is 30.1 Å². The molecule has 0 saturated heterocycles. The fourth-order valence-corrected chi connectivity index (χ4v) is 0.648. The Hall–Kier alpha value is -1.09. The lowest BCUT2D eigenvalue weighted by Gasteiger charge is -2.00. The molecule has 0 heterocycles. The van der Waals surface area contributed by atoms with Crippen molar-refractivity contribution in [3.63, 3.8) is 0 Å². The SMILES string of the molecule is CNOc1cccc(F)c1.